The number of hydrogen-bond acceptors (Lipinski definition) is 3. The molecule has 5 nitrogen and oxygen atoms in total. The van der Waals surface area contributed by atoms with Crippen molar-refractivity contribution in [2.45, 2.75) is 51.1 Å². The number of fused-ring (bicyclic) bond motifs is 1. The lowest BCUT2D eigenvalue weighted by Crippen LogP contribution is -2.50. The van der Waals surface area contributed by atoms with Crippen LogP contribution in [0.25, 0.3) is 0 Å². The van der Waals surface area contributed by atoms with Gasteiger partial charge in [-0.3, -0.25) is 4.98 Å². The number of urea groups is 1. The maximum absolute atomic E-state index is 13.1. The molecule has 0 saturated heterocycles. The van der Waals surface area contributed by atoms with Gasteiger partial charge >= 0.3 is 6.03 Å². The van der Waals surface area contributed by atoms with Gasteiger partial charge in [-0.2, -0.15) is 0 Å². The average molecular weight is 365 g/mol. The summed E-state index contributed by atoms with van der Waals surface area (Å²) in [6, 6.07) is 10.2. The molecule has 1 N–H and O–H groups in total. The standard InChI is InChI=1S/C22H27N3O2/c1-27-20-8-7-17-14-21(16-5-3-2-4-6-16)25(15-18(17)13-20)22(26)24-19-9-11-23-12-10-19/h7-13,16,21H,2-6,14-15H2,1H3,(H,23,24,26). The van der Waals surface area contributed by atoms with E-state index in [2.05, 4.69) is 22.4 Å². The molecule has 1 atom stereocenters. The molecule has 2 heterocycles. The summed E-state index contributed by atoms with van der Waals surface area (Å²) in [7, 11) is 1.68. The molecule has 1 aliphatic heterocycles. The van der Waals surface area contributed by atoms with Gasteiger partial charge in [0, 0.05) is 30.7 Å². The predicted octanol–water partition coefficient (Wildman–Crippen LogP) is 4.63. The predicted molar refractivity (Wildman–Crippen MR) is 106 cm³/mol. The fourth-order valence-electron chi connectivity index (χ4n) is 4.50. The van der Waals surface area contributed by atoms with Gasteiger partial charge in [-0.25, -0.2) is 4.79 Å². The van der Waals surface area contributed by atoms with Crippen LogP contribution in [-0.2, 0) is 13.0 Å². The van der Waals surface area contributed by atoms with E-state index in [4.69, 9.17) is 4.74 Å². The van der Waals surface area contributed by atoms with Crippen molar-refractivity contribution in [1.82, 2.24) is 9.88 Å². The zero-order chi connectivity index (χ0) is 18.6. The molecule has 1 unspecified atom stereocenters. The second-order valence-electron chi connectivity index (χ2n) is 7.60. The number of nitrogens with zero attached hydrogens (tertiary/aromatic N) is 2. The first-order valence-electron chi connectivity index (χ1n) is 9.88. The second kappa shape index (κ2) is 7.99. The first kappa shape index (κ1) is 17.8. The maximum Gasteiger partial charge on any atom is 0.322 e. The van der Waals surface area contributed by atoms with E-state index >= 15 is 0 Å². The Balaban J connectivity index is 1.60. The number of methoxy groups -OCH3 is 1. The number of ether oxygens (including phenoxy) is 1. The second-order valence-corrected chi connectivity index (χ2v) is 7.60. The summed E-state index contributed by atoms with van der Waals surface area (Å²) in [4.78, 5) is 19.2. The summed E-state index contributed by atoms with van der Waals surface area (Å²) in [5, 5.41) is 3.06. The van der Waals surface area contributed by atoms with Crippen LogP contribution in [-0.4, -0.2) is 29.1 Å². The molecule has 142 valence electrons. The van der Waals surface area contributed by atoms with Gasteiger partial charge in [0.2, 0.25) is 0 Å². The van der Waals surface area contributed by atoms with Crippen LogP contribution in [0, 0.1) is 5.92 Å². The van der Waals surface area contributed by atoms with E-state index in [1.807, 2.05) is 23.1 Å². The van der Waals surface area contributed by atoms with E-state index in [1.54, 1.807) is 19.5 Å². The highest BCUT2D eigenvalue weighted by molar-refractivity contribution is 5.89. The Morgan fingerprint density at radius 2 is 1.89 bits per heavy atom. The van der Waals surface area contributed by atoms with E-state index in [0.717, 1.165) is 17.9 Å². The first-order valence-corrected chi connectivity index (χ1v) is 9.88. The van der Waals surface area contributed by atoms with Crippen molar-refractivity contribution in [3.63, 3.8) is 0 Å². The zero-order valence-corrected chi connectivity index (χ0v) is 15.9. The quantitative estimate of drug-likeness (QED) is 0.863. The Morgan fingerprint density at radius 3 is 2.63 bits per heavy atom. The van der Waals surface area contributed by atoms with E-state index in [-0.39, 0.29) is 12.1 Å². The molecule has 5 heteroatoms. The van der Waals surface area contributed by atoms with E-state index in [0.29, 0.717) is 12.5 Å². The SMILES string of the molecule is COc1ccc2c(c1)CN(C(=O)Nc1ccncc1)C(C1CCCCC1)C2. The number of carbonyl (C=O) groups excluding carboxylic acids is 1. The highest BCUT2D eigenvalue weighted by Gasteiger charge is 2.35. The smallest absolute Gasteiger partial charge is 0.322 e. The Hall–Kier alpha value is -2.56. The highest BCUT2D eigenvalue weighted by Crippen LogP contribution is 2.36. The molecule has 27 heavy (non-hydrogen) atoms. The third kappa shape index (κ3) is 3.92. The van der Waals surface area contributed by atoms with Crippen LogP contribution in [0.4, 0.5) is 10.5 Å². The van der Waals surface area contributed by atoms with Crippen LogP contribution in [0.15, 0.2) is 42.7 Å². The maximum atomic E-state index is 13.1. The third-order valence-corrected chi connectivity index (χ3v) is 5.97. The largest absolute Gasteiger partial charge is 0.497 e. The van der Waals surface area contributed by atoms with Crippen molar-refractivity contribution in [2.75, 3.05) is 12.4 Å². The lowest BCUT2D eigenvalue weighted by atomic mass is 9.78. The van der Waals surface area contributed by atoms with Crippen molar-refractivity contribution in [3.05, 3.63) is 53.9 Å². The van der Waals surface area contributed by atoms with Crippen molar-refractivity contribution in [1.29, 1.82) is 0 Å². The topological polar surface area (TPSA) is 54.5 Å². The van der Waals surface area contributed by atoms with Gasteiger partial charge in [0.15, 0.2) is 0 Å². The minimum absolute atomic E-state index is 0.0229. The zero-order valence-electron chi connectivity index (χ0n) is 15.9. The molecule has 1 saturated carbocycles. The normalized spacial score (nSPS) is 20.0. The van der Waals surface area contributed by atoms with Gasteiger partial charge in [-0.15, -0.1) is 0 Å². The van der Waals surface area contributed by atoms with Crippen molar-refractivity contribution < 1.29 is 9.53 Å². The van der Waals surface area contributed by atoms with Crippen LogP contribution >= 0.6 is 0 Å². The van der Waals surface area contributed by atoms with E-state index < -0.39 is 0 Å². The summed E-state index contributed by atoms with van der Waals surface area (Å²) in [6.07, 6.45) is 10.6. The number of amides is 2. The summed E-state index contributed by atoms with van der Waals surface area (Å²) in [5.41, 5.74) is 3.32. The summed E-state index contributed by atoms with van der Waals surface area (Å²) in [5.74, 6) is 1.43. The molecule has 1 aliphatic carbocycles. The van der Waals surface area contributed by atoms with Gasteiger partial charge in [0.05, 0.1) is 7.11 Å². The molecule has 1 fully saturated rings. The number of carbonyl (C=O) groups is 1. The number of rotatable bonds is 3. The van der Waals surface area contributed by atoms with Gasteiger partial charge in [0.1, 0.15) is 5.75 Å². The monoisotopic (exact) mass is 365 g/mol. The van der Waals surface area contributed by atoms with E-state index in [9.17, 15) is 4.79 Å². The Bertz CT molecular complexity index is 787. The number of aromatic nitrogens is 1. The summed E-state index contributed by atoms with van der Waals surface area (Å²) < 4.78 is 5.39. The van der Waals surface area contributed by atoms with Crippen LogP contribution in [0.1, 0.15) is 43.2 Å². The molecule has 2 aliphatic rings. The van der Waals surface area contributed by atoms with E-state index in [1.165, 1.54) is 43.2 Å². The van der Waals surface area contributed by atoms with Gasteiger partial charge < -0.3 is 15.0 Å². The molecule has 0 radical (unpaired) electrons. The molecule has 0 spiro atoms. The molecule has 1 aromatic heterocycles. The number of benzene rings is 1. The molecule has 2 aromatic rings. The molecule has 2 amide bonds. The third-order valence-electron chi connectivity index (χ3n) is 5.97. The Morgan fingerprint density at radius 1 is 1.11 bits per heavy atom. The average Bonchev–Trinajstić information content (AvgIpc) is 2.73. The number of hydrogen-bond donors (Lipinski definition) is 1. The van der Waals surface area contributed by atoms with Crippen LogP contribution in [0.5, 0.6) is 5.75 Å². The number of anilines is 1. The first-order chi connectivity index (χ1) is 13.2. The minimum atomic E-state index is -0.0229. The lowest BCUT2D eigenvalue weighted by molar-refractivity contribution is 0.125. The molecular formula is C22H27N3O2. The summed E-state index contributed by atoms with van der Waals surface area (Å²) >= 11 is 0. The fraction of sp³-hybridized carbons (Fsp3) is 0.455. The molecule has 1 aromatic carbocycles. The van der Waals surface area contributed by atoms with Crippen molar-refractivity contribution >= 4 is 11.7 Å². The summed E-state index contributed by atoms with van der Waals surface area (Å²) in [6.45, 7) is 0.630. The lowest BCUT2D eigenvalue weighted by Gasteiger charge is -2.42. The molecule has 4 rings (SSSR count). The van der Waals surface area contributed by atoms with Gasteiger partial charge in [-0.05, 0) is 60.6 Å². The highest BCUT2D eigenvalue weighted by atomic mass is 16.5. The molecular weight excluding hydrogens is 338 g/mol. The van der Waals surface area contributed by atoms with Crippen LogP contribution < -0.4 is 10.1 Å². The van der Waals surface area contributed by atoms with Crippen molar-refractivity contribution in [3.8, 4) is 5.75 Å². The van der Waals surface area contributed by atoms with Crippen LogP contribution in [0.2, 0.25) is 0 Å². The number of nitrogens with one attached hydrogen (secondary N) is 1. The van der Waals surface area contributed by atoms with Crippen molar-refractivity contribution in [2.24, 2.45) is 5.92 Å². The van der Waals surface area contributed by atoms with Crippen LogP contribution in [0.3, 0.4) is 0 Å². The minimum Gasteiger partial charge on any atom is -0.497 e. The number of pyridine rings is 1. The van der Waals surface area contributed by atoms with Gasteiger partial charge in [0.25, 0.3) is 0 Å². The Labute approximate surface area is 160 Å². The Kier molecular flexibility index (Phi) is 5.28. The van der Waals surface area contributed by atoms with Gasteiger partial charge in [-0.1, -0.05) is 25.3 Å². The molecule has 0 bridgehead atoms. The fourth-order valence-corrected chi connectivity index (χ4v) is 4.50.